The Kier molecular flexibility index (Phi) is 6.99. The minimum atomic E-state index is -7.78. The fourth-order valence-electron chi connectivity index (χ4n) is 1.42. The number of ether oxygens (including phenoxy) is 2. The molecule has 0 unspecified atom stereocenters. The van der Waals surface area contributed by atoms with Gasteiger partial charge in [0.05, 0.1) is 0 Å². The van der Waals surface area contributed by atoms with Crippen molar-refractivity contribution in [3.8, 4) is 0 Å². The molecule has 0 aromatic carbocycles. The first kappa shape index (κ1) is 26.1. The van der Waals surface area contributed by atoms with E-state index in [4.69, 9.17) is 0 Å². The average molecular weight is 446 g/mol. The Morgan fingerprint density at radius 3 is 0.929 bits per heavy atom. The normalized spacial score (nSPS) is 14.6. The van der Waals surface area contributed by atoms with Crippen LogP contribution in [0.25, 0.3) is 0 Å². The van der Waals surface area contributed by atoms with E-state index in [-0.39, 0.29) is 0 Å². The molecule has 16 heteroatoms. The molecular weight excluding hydrogens is 436 g/mol. The maximum Gasteiger partial charge on any atom is 0.384 e. The van der Waals surface area contributed by atoms with E-state index in [1.54, 1.807) is 0 Å². The Labute approximate surface area is 147 Å². The zero-order chi connectivity index (χ0) is 23.0. The maximum absolute atomic E-state index is 13.4. The highest BCUT2D eigenvalue weighted by molar-refractivity contribution is 5.66. The van der Waals surface area contributed by atoms with E-state index >= 15 is 0 Å². The van der Waals surface area contributed by atoms with Gasteiger partial charge in [-0.05, 0) is 0 Å². The Hall–Kier alpha value is -1.90. The molecule has 0 aromatic rings. The summed E-state index contributed by atoms with van der Waals surface area (Å²) in [7, 11) is 0. The predicted octanol–water partition coefficient (Wildman–Crippen LogP) is 3.92. The minimum Gasteiger partial charge on any atom is -0.459 e. The molecule has 0 aliphatic heterocycles. The van der Waals surface area contributed by atoms with Gasteiger partial charge in [0.2, 0.25) is 0 Å². The quantitative estimate of drug-likeness (QED) is 0.398. The average Bonchev–Trinajstić information content (AvgIpc) is 2.50. The second kappa shape index (κ2) is 7.50. The van der Waals surface area contributed by atoms with Gasteiger partial charge in [-0.1, -0.05) is 0 Å². The first-order chi connectivity index (χ1) is 12.1. The molecule has 0 N–H and O–H groups in total. The van der Waals surface area contributed by atoms with Crippen LogP contribution in [-0.2, 0) is 19.1 Å². The number of esters is 2. The van der Waals surface area contributed by atoms with Gasteiger partial charge in [0.1, 0.15) is 0 Å². The van der Waals surface area contributed by atoms with E-state index in [2.05, 4.69) is 9.47 Å². The lowest BCUT2D eigenvalue weighted by atomic mass is 9.91. The summed E-state index contributed by atoms with van der Waals surface area (Å²) in [5, 5.41) is 0. The molecule has 0 amide bonds. The van der Waals surface area contributed by atoms with Crippen molar-refractivity contribution in [3.05, 3.63) is 0 Å². The van der Waals surface area contributed by atoms with Crippen molar-refractivity contribution in [1.29, 1.82) is 0 Å². The molecule has 0 rings (SSSR count). The molecule has 166 valence electrons. The summed E-state index contributed by atoms with van der Waals surface area (Å²) in [6, 6.07) is 0. The van der Waals surface area contributed by atoms with Crippen LogP contribution in [0.15, 0.2) is 0 Å². The van der Waals surface area contributed by atoms with Crippen molar-refractivity contribution in [1.82, 2.24) is 0 Å². The highest BCUT2D eigenvalue weighted by Gasteiger charge is 2.90. The van der Waals surface area contributed by atoms with Crippen molar-refractivity contribution in [2.24, 2.45) is 0 Å². The molecule has 28 heavy (non-hydrogen) atoms. The van der Waals surface area contributed by atoms with Crippen LogP contribution in [0.4, 0.5) is 52.7 Å². The van der Waals surface area contributed by atoms with Gasteiger partial charge in [-0.25, -0.2) is 0 Å². The molecule has 0 saturated heterocycles. The molecule has 0 aliphatic rings. The molecule has 0 aliphatic carbocycles. The first-order valence-corrected chi connectivity index (χ1v) is 6.62. The van der Waals surface area contributed by atoms with E-state index in [0.29, 0.717) is 13.8 Å². The smallest absolute Gasteiger partial charge is 0.384 e. The van der Waals surface area contributed by atoms with Gasteiger partial charge in [-0.3, -0.25) is 9.59 Å². The third kappa shape index (κ3) is 4.24. The Morgan fingerprint density at radius 2 is 0.750 bits per heavy atom. The van der Waals surface area contributed by atoms with Crippen molar-refractivity contribution >= 4 is 11.9 Å². The van der Waals surface area contributed by atoms with E-state index in [1.807, 2.05) is 0 Å². The second-order valence-electron chi connectivity index (χ2n) is 5.27. The Balaban J connectivity index is 6.12. The summed E-state index contributed by atoms with van der Waals surface area (Å²) in [6.45, 7) is -5.25. The molecule has 0 spiro atoms. The van der Waals surface area contributed by atoms with Crippen LogP contribution >= 0.6 is 0 Å². The number of rotatable bonds is 9. The summed E-state index contributed by atoms with van der Waals surface area (Å²) >= 11 is 0. The lowest BCUT2D eigenvalue weighted by molar-refractivity contribution is -0.428. The van der Waals surface area contributed by atoms with E-state index in [1.165, 1.54) is 0 Å². The molecule has 0 fully saturated rings. The summed E-state index contributed by atoms with van der Waals surface area (Å²) in [4.78, 5) is 20.6. The molecule has 0 heterocycles. The standard InChI is InChI=1S/C12H10F12O4/c1-5(25)27-3-7(13,14)9(17,18)11(21,22)12(23,24)10(19,20)8(15,16)4-28-6(2)26/h3-4H2,1-2H3. The van der Waals surface area contributed by atoms with Crippen LogP contribution in [0.5, 0.6) is 0 Å². The number of halogens is 12. The number of carbonyl (C=O) groups is 2. The number of alkyl halides is 12. The molecule has 4 nitrogen and oxygen atoms in total. The highest BCUT2D eigenvalue weighted by atomic mass is 19.4. The topological polar surface area (TPSA) is 52.6 Å². The van der Waals surface area contributed by atoms with Crippen LogP contribution < -0.4 is 0 Å². The van der Waals surface area contributed by atoms with Gasteiger partial charge in [0.15, 0.2) is 13.2 Å². The van der Waals surface area contributed by atoms with Crippen LogP contribution in [0.2, 0.25) is 0 Å². The zero-order valence-corrected chi connectivity index (χ0v) is 13.6. The van der Waals surface area contributed by atoms with E-state index in [9.17, 15) is 62.3 Å². The third-order valence-corrected chi connectivity index (χ3v) is 3.02. The van der Waals surface area contributed by atoms with Gasteiger partial charge >= 0.3 is 47.5 Å². The summed E-state index contributed by atoms with van der Waals surface area (Å²) in [6.07, 6.45) is 0. The van der Waals surface area contributed by atoms with Crippen molar-refractivity contribution in [2.45, 2.75) is 49.4 Å². The van der Waals surface area contributed by atoms with E-state index < -0.39 is 60.7 Å². The Bertz CT molecular complexity index is 549. The van der Waals surface area contributed by atoms with Gasteiger partial charge in [-0.2, -0.15) is 52.7 Å². The van der Waals surface area contributed by atoms with Crippen LogP contribution in [0, 0.1) is 0 Å². The lowest BCUT2D eigenvalue weighted by Crippen LogP contribution is -2.71. The van der Waals surface area contributed by atoms with Gasteiger partial charge in [0, 0.05) is 13.8 Å². The summed E-state index contributed by atoms with van der Waals surface area (Å²) in [5.74, 6) is -46.6. The highest BCUT2D eigenvalue weighted by Crippen LogP contribution is 2.60. The third-order valence-electron chi connectivity index (χ3n) is 3.02. The first-order valence-electron chi connectivity index (χ1n) is 6.62. The van der Waals surface area contributed by atoms with Crippen LogP contribution in [-0.4, -0.2) is 60.7 Å². The van der Waals surface area contributed by atoms with Crippen molar-refractivity contribution in [2.75, 3.05) is 13.2 Å². The maximum atomic E-state index is 13.4. The molecule has 0 saturated carbocycles. The zero-order valence-electron chi connectivity index (χ0n) is 13.6. The van der Waals surface area contributed by atoms with Crippen LogP contribution in [0.1, 0.15) is 13.8 Å². The van der Waals surface area contributed by atoms with Gasteiger partial charge in [-0.15, -0.1) is 0 Å². The molecule has 0 aromatic heterocycles. The SMILES string of the molecule is CC(=O)OCC(F)(F)C(F)(F)C(F)(F)C(F)(F)C(F)(F)C(F)(F)COC(C)=O. The Morgan fingerprint density at radius 1 is 0.536 bits per heavy atom. The number of carbonyl (C=O) groups excluding carboxylic acids is 2. The molecule has 0 radical (unpaired) electrons. The van der Waals surface area contributed by atoms with E-state index in [0.717, 1.165) is 0 Å². The minimum absolute atomic E-state index is 0.324. The van der Waals surface area contributed by atoms with Crippen LogP contribution in [0.3, 0.4) is 0 Å². The second-order valence-corrected chi connectivity index (χ2v) is 5.27. The lowest BCUT2D eigenvalue weighted by Gasteiger charge is -2.40. The fraction of sp³-hybridized carbons (Fsp3) is 0.833. The van der Waals surface area contributed by atoms with Gasteiger partial charge < -0.3 is 9.47 Å². The summed E-state index contributed by atoms with van der Waals surface area (Å²) in [5.41, 5.74) is 0. The fourth-order valence-corrected chi connectivity index (χ4v) is 1.42. The monoisotopic (exact) mass is 446 g/mol. The molecular formula is C12H10F12O4. The molecule has 0 atom stereocenters. The predicted molar refractivity (Wildman–Crippen MR) is 62.9 cm³/mol. The molecule has 0 bridgehead atoms. The largest absolute Gasteiger partial charge is 0.459 e. The number of hydrogen-bond acceptors (Lipinski definition) is 4. The van der Waals surface area contributed by atoms with Crippen molar-refractivity contribution in [3.63, 3.8) is 0 Å². The summed E-state index contributed by atoms with van der Waals surface area (Å²) < 4.78 is 166. The van der Waals surface area contributed by atoms with Crippen molar-refractivity contribution < 1.29 is 71.7 Å². The van der Waals surface area contributed by atoms with Gasteiger partial charge in [0.25, 0.3) is 0 Å². The number of hydrogen-bond donors (Lipinski definition) is 0.